The maximum Gasteiger partial charge on any atom is 0.569 e. The maximum absolute atomic E-state index is 9.19. The van der Waals surface area contributed by atoms with Crippen molar-refractivity contribution in [2.24, 2.45) is 0 Å². The molecule has 30 rings (SSSR count). The van der Waals surface area contributed by atoms with Gasteiger partial charge in [-0.3, -0.25) is 0 Å². The van der Waals surface area contributed by atoms with E-state index in [9.17, 15) is 5.02 Å². The molecule has 5 aliphatic rings. The van der Waals surface area contributed by atoms with Crippen LogP contribution >= 0.6 is 100 Å². The quantitative estimate of drug-likeness (QED) is 0.102. The highest BCUT2D eigenvalue weighted by molar-refractivity contribution is 14.1. The minimum Gasteiger partial charge on any atom is -0.537 e. The van der Waals surface area contributed by atoms with Crippen LogP contribution in [-0.4, -0.2) is 31.7 Å². The van der Waals surface area contributed by atoms with E-state index in [2.05, 4.69) is 559 Å². The molecule has 5 nitrogen and oxygen atoms in total. The normalized spacial score (nSPS) is 13.5. The molecule has 0 saturated carbocycles. The van der Waals surface area contributed by atoms with Crippen LogP contribution in [0.1, 0.15) is 111 Å². The number of halogens is 6. The Morgan fingerprint density at radius 1 is 0.260 bits per heavy atom. The minimum atomic E-state index is -0.0335. The van der Waals surface area contributed by atoms with E-state index in [1.807, 2.05) is 36.4 Å². The van der Waals surface area contributed by atoms with E-state index in [0.29, 0.717) is 5.75 Å². The number of aromatic nitrogens is 3. The SMILES string of the molecule is Brc1ccc(-c2cccc(I)c2)cc1.CC1(C)c2ccccc2-c2c1ccc1cc3c(cc21)Cc1ccccc1-3.CC1(C)c2ccccc2-c2c1ccc1cc3c4cc(Br)ccc4n(-c4ccccc4)c3cc21.CC1(C)c2ccccc2-c2c1ccc1cc3c4cc(O[B]O)ccc4n(-c4ccccc4)c3cc21.CC1(C)c2ccccc2-c2c1ccc1cc3c4ccccc4n(-c4ccccc4)c3cc21.ClCCl.Ic1ccccc1. The Morgan fingerprint density at radius 2 is 0.600 bits per heavy atom. The average molecular weight is 2330 g/mol. The van der Waals surface area contributed by atoms with Crippen molar-refractivity contribution in [1.82, 2.24) is 13.7 Å². The molecule has 3 aromatic heterocycles. The topological polar surface area (TPSA) is 44.2 Å². The number of hydrogen-bond acceptors (Lipinski definition) is 2. The molecule has 0 amide bonds. The number of para-hydroxylation sites is 4. The van der Waals surface area contributed by atoms with E-state index in [1.165, 1.54) is 228 Å². The van der Waals surface area contributed by atoms with Crippen molar-refractivity contribution in [2.75, 3.05) is 5.34 Å². The highest BCUT2D eigenvalue weighted by Gasteiger charge is 2.41. The fraction of sp³-hybridized carbons (Fsp3) is 0.101. The first-order chi connectivity index (χ1) is 73.0. The summed E-state index contributed by atoms with van der Waals surface area (Å²) in [6.45, 7) is 18.7. The van der Waals surface area contributed by atoms with Crippen molar-refractivity contribution in [3.05, 3.63) is 521 Å². The van der Waals surface area contributed by atoms with Crippen LogP contribution in [0.4, 0.5) is 0 Å². The van der Waals surface area contributed by atoms with E-state index in [1.54, 1.807) is 0 Å². The average Bonchev–Trinajstić information content (AvgIpc) is 1.51. The van der Waals surface area contributed by atoms with Crippen molar-refractivity contribution in [3.63, 3.8) is 0 Å². The second-order valence-electron chi connectivity index (χ2n) is 41.5. The Kier molecular flexibility index (Phi) is 26.0. The Hall–Kier alpha value is -13.9. The Morgan fingerprint density at radius 3 is 1.02 bits per heavy atom. The number of alkyl halides is 2. The fourth-order valence-corrected chi connectivity index (χ4v) is 26.2. The van der Waals surface area contributed by atoms with Gasteiger partial charge in [0, 0.05) is 87.1 Å². The van der Waals surface area contributed by atoms with Gasteiger partial charge in [0.05, 0.1) is 38.4 Å². The van der Waals surface area contributed by atoms with Gasteiger partial charge in [-0.05, 0) is 381 Å². The van der Waals surface area contributed by atoms with Crippen molar-refractivity contribution in [3.8, 4) is 89.6 Å². The molecule has 12 heteroatoms. The smallest absolute Gasteiger partial charge is 0.537 e. The third-order valence-corrected chi connectivity index (χ3v) is 34.0. The molecule has 1 N–H and O–H groups in total. The minimum absolute atomic E-state index is 0.00603. The molecular formula is C138H103BBr2Cl2I2N3O2. The molecule has 22 aromatic carbocycles. The summed E-state index contributed by atoms with van der Waals surface area (Å²) in [6, 6.07) is 162. The molecule has 0 fully saturated rings. The van der Waals surface area contributed by atoms with Gasteiger partial charge in [0.2, 0.25) is 0 Å². The second-order valence-corrected chi connectivity index (χ2v) is 46.6. The Balaban J connectivity index is 0.0000000993. The molecule has 727 valence electrons. The standard InChI is InChI=1S/C31H23BNO2.C31H22BrN.C31H23N.C26H20.C12H8BrI.C6H5I.CH2Cl2/c1-31(2)26-11-7-6-10-22(26)30-23-18-29-24(16-19(23)12-14-27(30)31)25-17-21(35-32-34)13-15-28(25)33(29)20-8-4-3-5-9-20;1-31(2)26-11-7-6-10-22(26)30-23-18-29-24(16-19(23)12-14-27(30)31)25-17-20(32)13-15-28(25)33(29)21-8-4-3-5-9-21;1-31(2)26-14-8-6-13-23(26)30-24-19-29-25(18-20(24)16-17-27(30)31)22-12-7-9-15-28(22)32(29)21-10-4-3-5-11-21;1-26(2)23-10-6-5-9-20(23)25-22-15-18-13-16-7-3-4-8-19(16)21(18)14-17(22)11-12-24(25)26;13-11-6-4-9(5-7-11)10-2-1-3-12(14)8-10;7-6-4-2-1-3-5-6;2-1-3/h3-18,34H,1-2H3;3-18H,1-2H3;3-19H,1-2H3;3-12,14-15H,13H2,1-2H3;1-8H;1-5H;1H2. The highest BCUT2D eigenvalue weighted by Crippen LogP contribution is 2.58. The molecule has 5 aliphatic carbocycles. The van der Waals surface area contributed by atoms with Crippen molar-refractivity contribution in [2.45, 2.75) is 83.5 Å². The molecule has 150 heavy (non-hydrogen) atoms. The zero-order valence-electron chi connectivity index (χ0n) is 84.2. The first-order valence-corrected chi connectivity index (χ1v) is 55.8. The van der Waals surface area contributed by atoms with Gasteiger partial charge in [0.25, 0.3) is 0 Å². The maximum atomic E-state index is 9.19. The van der Waals surface area contributed by atoms with Crippen LogP contribution in [0.15, 0.2) is 458 Å². The van der Waals surface area contributed by atoms with Gasteiger partial charge in [0.1, 0.15) is 5.75 Å². The van der Waals surface area contributed by atoms with Gasteiger partial charge >= 0.3 is 7.69 Å². The van der Waals surface area contributed by atoms with E-state index in [0.717, 1.165) is 50.5 Å². The van der Waals surface area contributed by atoms with Crippen LogP contribution < -0.4 is 4.65 Å². The zero-order valence-corrected chi connectivity index (χ0v) is 93.2. The van der Waals surface area contributed by atoms with Crippen LogP contribution in [0.5, 0.6) is 5.75 Å². The van der Waals surface area contributed by atoms with Crippen LogP contribution in [0.25, 0.3) is 192 Å². The highest BCUT2D eigenvalue weighted by atomic mass is 127. The number of rotatable bonds is 6. The molecule has 0 bridgehead atoms. The molecule has 25 aromatic rings. The summed E-state index contributed by atoms with van der Waals surface area (Å²) >= 11 is 21.3. The lowest BCUT2D eigenvalue weighted by Crippen LogP contribution is -2.14. The predicted molar refractivity (Wildman–Crippen MR) is 662 cm³/mol. The molecule has 0 spiro atoms. The Bertz CT molecular complexity index is 9680. The third kappa shape index (κ3) is 17.1. The predicted octanol–water partition coefficient (Wildman–Crippen LogP) is 39.5. The number of fused-ring (bicyclic) bond motifs is 32. The molecule has 0 atom stereocenters. The lowest BCUT2D eigenvalue weighted by molar-refractivity contribution is 0.454. The first kappa shape index (κ1) is 98.1. The zero-order chi connectivity index (χ0) is 103. The summed E-state index contributed by atoms with van der Waals surface area (Å²) in [5, 5.41) is 27.3. The van der Waals surface area contributed by atoms with Crippen molar-refractivity contribution in [1.29, 1.82) is 0 Å². The lowest BCUT2D eigenvalue weighted by Gasteiger charge is -2.21. The fourth-order valence-electron chi connectivity index (χ4n) is 24.6. The van der Waals surface area contributed by atoms with Crippen LogP contribution in [0, 0.1) is 7.14 Å². The van der Waals surface area contributed by atoms with Gasteiger partial charge in [-0.15, -0.1) is 23.2 Å². The van der Waals surface area contributed by atoms with Gasteiger partial charge in [-0.25, -0.2) is 0 Å². The van der Waals surface area contributed by atoms with E-state index < -0.39 is 0 Å². The molecule has 0 unspecified atom stereocenters. The van der Waals surface area contributed by atoms with Gasteiger partial charge in [-0.2, -0.15) is 0 Å². The number of nitrogens with zero attached hydrogens (tertiary/aromatic N) is 3. The van der Waals surface area contributed by atoms with E-state index >= 15 is 0 Å². The van der Waals surface area contributed by atoms with Gasteiger partial charge < -0.3 is 23.4 Å². The third-order valence-electron chi connectivity index (χ3n) is 31.6. The summed E-state index contributed by atoms with van der Waals surface area (Å²) in [6.07, 6.45) is 1.05. The van der Waals surface area contributed by atoms with Crippen molar-refractivity contribution >= 4 is 216 Å². The molecule has 1 radical (unpaired) electrons. The number of hydrogen-bond donors (Lipinski definition) is 1. The number of benzene rings is 22. The molecule has 0 aliphatic heterocycles. The molecular weight excluding hydrogens is 2230 g/mol. The molecule has 0 saturated heterocycles. The van der Waals surface area contributed by atoms with Crippen LogP contribution in [0.3, 0.4) is 0 Å². The van der Waals surface area contributed by atoms with E-state index in [-0.39, 0.29) is 27.0 Å². The summed E-state index contributed by atoms with van der Waals surface area (Å²) < 4.78 is 17.2. The summed E-state index contributed by atoms with van der Waals surface area (Å²) in [5.41, 5.74) is 41.5. The van der Waals surface area contributed by atoms with Crippen LogP contribution in [-0.2, 0) is 28.1 Å². The summed E-state index contributed by atoms with van der Waals surface area (Å²) in [5.74, 6) is 0.608. The van der Waals surface area contributed by atoms with Gasteiger partial charge in [0.15, 0.2) is 0 Å². The lowest BCUT2D eigenvalue weighted by atomic mass is 9.82. The van der Waals surface area contributed by atoms with Gasteiger partial charge in [-0.1, -0.05) is 372 Å². The summed E-state index contributed by atoms with van der Waals surface area (Å²) in [7, 11) is 0.732. The molecule has 3 heterocycles. The monoisotopic (exact) mass is 2330 g/mol. The van der Waals surface area contributed by atoms with Crippen molar-refractivity contribution < 1.29 is 9.68 Å². The first-order valence-electron chi connectivity index (χ1n) is 50.9. The Labute approximate surface area is 929 Å². The largest absolute Gasteiger partial charge is 0.569 e. The van der Waals surface area contributed by atoms with E-state index in [4.69, 9.17) is 27.9 Å². The second kappa shape index (κ2) is 39.8. The summed E-state index contributed by atoms with van der Waals surface area (Å²) in [4.78, 5) is 0. The van der Waals surface area contributed by atoms with Crippen LogP contribution in [0.2, 0.25) is 0 Å².